The maximum atomic E-state index is 4.41. The lowest BCUT2D eigenvalue weighted by Gasteiger charge is -2.19. The van der Waals surface area contributed by atoms with E-state index in [2.05, 4.69) is 49.3 Å². The minimum Gasteiger partial charge on any atom is -0.310 e. The van der Waals surface area contributed by atoms with Crippen molar-refractivity contribution in [2.45, 2.75) is 39.7 Å². The molecule has 0 aliphatic rings. The van der Waals surface area contributed by atoms with E-state index < -0.39 is 0 Å². The summed E-state index contributed by atoms with van der Waals surface area (Å²) < 4.78 is 0. The monoisotopic (exact) mass is 274 g/mol. The highest BCUT2D eigenvalue weighted by Gasteiger charge is 2.13. The molecule has 0 saturated carbocycles. The fourth-order valence-electron chi connectivity index (χ4n) is 2.14. The van der Waals surface area contributed by atoms with E-state index in [-0.39, 0.29) is 0 Å². The molecule has 1 heterocycles. The molecule has 0 aliphatic carbocycles. The Balaban J connectivity index is 2.18. The topological polar surface area (TPSA) is 24.9 Å². The Morgan fingerprint density at radius 1 is 1.26 bits per heavy atom. The highest BCUT2D eigenvalue weighted by molar-refractivity contribution is 7.09. The van der Waals surface area contributed by atoms with Gasteiger partial charge in [-0.3, -0.25) is 0 Å². The summed E-state index contributed by atoms with van der Waals surface area (Å²) >= 11 is 1.74. The molecule has 3 heteroatoms. The van der Waals surface area contributed by atoms with Crippen LogP contribution >= 0.6 is 11.3 Å². The van der Waals surface area contributed by atoms with Gasteiger partial charge in [-0.1, -0.05) is 25.1 Å². The van der Waals surface area contributed by atoms with Gasteiger partial charge in [-0.15, -0.1) is 11.3 Å². The zero-order chi connectivity index (χ0) is 13.7. The van der Waals surface area contributed by atoms with Crippen LogP contribution in [0.2, 0.25) is 0 Å². The van der Waals surface area contributed by atoms with E-state index >= 15 is 0 Å². The van der Waals surface area contributed by atoms with E-state index in [9.17, 15) is 0 Å². The summed E-state index contributed by atoms with van der Waals surface area (Å²) in [5, 5.41) is 6.89. The number of rotatable bonds is 6. The number of thiazole rings is 1. The van der Waals surface area contributed by atoms with E-state index in [1.165, 1.54) is 21.7 Å². The molecule has 19 heavy (non-hydrogen) atoms. The molecule has 1 aromatic heterocycles. The van der Waals surface area contributed by atoms with Crippen molar-refractivity contribution in [3.8, 4) is 0 Å². The predicted molar refractivity (Wildman–Crippen MR) is 82.8 cm³/mol. The van der Waals surface area contributed by atoms with E-state index in [1.54, 1.807) is 11.3 Å². The highest BCUT2D eigenvalue weighted by Crippen LogP contribution is 2.22. The molecule has 0 saturated heterocycles. The first kappa shape index (κ1) is 14.2. The maximum Gasteiger partial charge on any atom is 0.0943 e. The van der Waals surface area contributed by atoms with Crippen LogP contribution in [0.1, 0.15) is 41.1 Å². The average molecular weight is 274 g/mol. The quantitative estimate of drug-likeness (QED) is 0.860. The molecular formula is C16H22N2S. The molecule has 0 spiro atoms. The largest absolute Gasteiger partial charge is 0.310 e. The van der Waals surface area contributed by atoms with Gasteiger partial charge in [0.15, 0.2) is 0 Å². The maximum absolute atomic E-state index is 4.41. The number of benzene rings is 1. The van der Waals surface area contributed by atoms with Crippen LogP contribution in [0.15, 0.2) is 29.8 Å². The molecule has 1 atom stereocenters. The Bertz CT molecular complexity index is 505. The normalized spacial score (nSPS) is 12.6. The van der Waals surface area contributed by atoms with Crippen LogP contribution in [0.4, 0.5) is 0 Å². The van der Waals surface area contributed by atoms with Gasteiger partial charge in [-0.2, -0.15) is 0 Å². The zero-order valence-corrected chi connectivity index (χ0v) is 12.8. The summed E-state index contributed by atoms with van der Waals surface area (Å²) in [7, 11) is 0. The number of aromatic nitrogens is 1. The van der Waals surface area contributed by atoms with Crippen LogP contribution in [0.5, 0.6) is 0 Å². The molecule has 102 valence electrons. The number of nitrogens with one attached hydrogen (secondary N) is 1. The third kappa shape index (κ3) is 3.88. The van der Waals surface area contributed by atoms with Gasteiger partial charge in [0.2, 0.25) is 0 Å². The van der Waals surface area contributed by atoms with E-state index in [0.717, 1.165) is 19.4 Å². The molecule has 2 aromatic rings. The zero-order valence-electron chi connectivity index (χ0n) is 11.9. The Morgan fingerprint density at radius 3 is 2.74 bits per heavy atom. The minimum atomic E-state index is 0.366. The van der Waals surface area contributed by atoms with Gasteiger partial charge in [0.05, 0.1) is 5.01 Å². The summed E-state index contributed by atoms with van der Waals surface area (Å²) in [6.07, 6.45) is 4.01. The summed E-state index contributed by atoms with van der Waals surface area (Å²) in [4.78, 5) is 4.41. The van der Waals surface area contributed by atoms with Gasteiger partial charge in [-0.25, -0.2) is 4.98 Å². The van der Waals surface area contributed by atoms with Crippen molar-refractivity contribution < 1.29 is 0 Å². The molecule has 1 N–H and O–H groups in total. The van der Waals surface area contributed by atoms with Crippen molar-refractivity contribution in [3.05, 3.63) is 51.5 Å². The van der Waals surface area contributed by atoms with E-state index in [0.29, 0.717) is 6.04 Å². The number of nitrogens with zero attached hydrogens (tertiary/aromatic N) is 1. The first-order valence-electron chi connectivity index (χ1n) is 6.89. The van der Waals surface area contributed by atoms with Crippen molar-refractivity contribution >= 4 is 11.3 Å². The van der Waals surface area contributed by atoms with Crippen LogP contribution in [-0.4, -0.2) is 11.5 Å². The molecule has 2 rings (SSSR count). The minimum absolute atomic E-state index is 0.366. The van der Waals surface area contributed by atoms with Crippen LogP contribution in [0.25, 0.3) is 0 Å². The molecule has 0 aliphatic heterocycles. The average Bonchev–Trinajstić information content (AvgIpc) is 2.91. The summed E-state index contributed by atoms with van der Waals surface area (Å²) in [6, 6.07) is 7.12. The van der Waals surface area contributed by atoms with Gasteiger partial charge >= 0.3 is 0 Å². The summed E-state index contributed by atoms with van der Waals surface area (Å²) in [5.41, 5.74) is 4.08. The summed E-state index contributed by atoms with van der Waals surface area (Å²) in [6.45, 7) is 7.59. The van der Waals surface area contributed by atoms with Gasteiger partial charge in [0.25, 0.3) is 0 Å². The Kier molecular flexibility index (Phi) is 5.11. The standard InChI is InChI=1S/C16H22N2S/c1-4-7-17-15(11-16-18-8-9-19-16)14-6-5-12(2)13(3)10-14/h5-6,8-10,15,17H,4,7,11H2,1-3H3. The fraction of sp³-hybridized carbons (Fsp3) is 0.438. The molecular weight excluding hydrogens is 252 g/mol. The molecule has 2 nitrogen and oxygen atoms in total. The Hall–Kier alpha value is -1.19. The lowest BCUT2D eigenvalue weighted by molar-refractivity contribution is 0.528. The number of hydrogen-bond acceptors (Lipinski definition) is 3. The van der Waals surface area contributed by atoms with Crippen molar-refractivity contribution in [1.29, 1.82) is 0 Å². The number of hydrogen-bond donors (Lipinski definition) is 1. The highest BCUT2D eigenvalue weighted by atomic mass is 32.1. The molecule has 0 fully saturated rings. The van der Waals surface area contributed by atoms with Crippen LogP contribution in [0.3, 0.4) is 0 Å². The first-order chi connectivity index (χ1) is 9.20. The SMILES string of the molecule is CCCNC(Cc1nccs1)c1ccc(C)c(C)c1. The van der Waals surface area contributed by atoms with Crippen molar-refractivity contribution in [2.24, 2.45) is 0 Å². The third-order valence-electron chi connectivity index (χ3n) is 3.44. The van der Waals surface area contributed by atoms with E-state index in [4.69, 9.17) is 0 Å². The third-order valence-corrected chi connectivity index (χ3v) is 4.24. The van der Waals surface area contributed by atoms with Crippen LogP contribution < -0.4 is 5.32 Å². The second-order valence-electron chi connectivity index (χ2n) is 4.98. The molecule has 0 amide bonds. The van der Waals surface area contributed by atoms with Crippen molar-refractivity contribution in [3.63, 3.8) is 0 Å². The van der Waals surface area contributed by atoms with Gasteiger partial charge in [0.1, 0.15) is 0 Å². The van der Waals surface area contributed by atoms with Gasteiger partial charge < -0.3 is 5.32 Å². The van der Waals surface area contributed by atoms with E-state index in [1.807, 2.05) is 11.6 Å². The Labute approximate surface area is 119 Å². The predicted octanol–water partition coefficient (Wildman–Crippen LogP) is 4.04. The first-order valence-corrected chi connectivity index (χ1v) is 7.77. The molecule has 0 bridgehead atoms. The number of aryl methyl sites for hydroxylation is 2. The van der Waals surface area contributed by atoms with Gasteiger partial charge in [0, 0.05) is 24.0 Å². The summed E-state index contributed by atoms with van der Waals surface area (Å²) in [5.74, 6) is 0. The van der Waals surface area contributed by atoms with Crippen LogP contribution in [0, 0.1) is 13.8 Å². The second kappa shape index (κ2) is 6.83. The Morgan fingerprint density at radius 2 is 2.11 bits per heavy atom. The molecule has 1 aromatic carbocycles. The second-order valence-corrected chi connectivity index (χ2v) is 5.96. The lowest BCUT2D eigenvalue weighted by Crippen LogP contribution is -2.24. The molecule has 0 radical (unpaired) electrons. The van der Waals surface area contributed by atoms with Gasteiger partial charge in [-0.05, 0) is 43.5 Å². The smallest absolute Gasteiger partial charge is 0.0943 e. The fourth-order valence-corrected chi connectivity index (χ4v) is 2.80. The van der Waals surface area contributed by atoms with Crippen molar-refractivity contribution in [2.75, 3.05) is 6.54 Å². The lowest BCUT2D eigenvalue weighted by atomic mass is 9.99. The molecule has 1 unspecified atom stereocenters. The van der Waals surface area contributed by atoms with Crippen LogP contribution in [-0.2, 0) is 6.42 Å². The van der Waals surface area contributed by atoms with Crippen molar-refractivity contribution in [1.82, 2.24) is 10.3 Å².